The van der Waals surface area contributed by atoms with Crippen LogP contribution in [0.5, 0.6) is 23.0 Å². The number of hydrazone groups is 1. The zero-order chi connectivity index (χ0) is 32.1. The quantitative estimate of drug-likeness (QED) is 0.234. The van der Waals surface area contributed by atoms with Gasteiger partial charge in [0.25, 0.3) is 15.9 Å². The largest absolute Gasteiger partial charge is 0.454 e. The zero-order valence-corrected chi connectivity index (χ0v) is 26.5. The first-order chi connectivity index (χ1) is 22.8. The van der Waals surface area contributed by atoms with Gasteiger partial charge in [-0.1, -0.05) is 29.8 Å². The maximum atomic E-state index is 14.4. The number of rotatable bonds is 6. The second kappa shape index (κ2) is 11.7. The minimum atomic E-state index is -4.01. The van der Waals surface area contributed by atoms with Gasteiger partial charge in [0.05, 0.1) is 16.6 Å². The molecule has 12 heteroatoms. The van der Waals surface area contributed by atoms with Gasteiger partial charge < -0.3 is 18.9 Å². The minimum Gasteiger partial charge on any atom is -0.454 e. The third kappa shape index (κ3) is 5.55. The molecule has 238 valence electrons. The number of ether oxygens (including phenoxy) is 4. The van der Waals surface area contributed by atoms with Crippen LogP contribution in [0.1, 0.15) is 46.8 Å². The topological polar surface area (TPSA) is 116 Å². The van der Waals surface area contributed by atoms with Gasteiger partial charge in [0.2, 0.25) is 13.6 Å². The fraction of sp³-hybridized carbons (Fsp3) is 0.200. The average Bonchev–Trinajstić information content (AvgIpc) is 3.84. The lowest BCUT2D eigenvalue weighted by Crippen LogP contribution is -2.32. The second-order valence-electron chi connectivity index (χ2n) is 11.6. The summed E-state index contributed by atoms with van der Waals surface area (Å²) in [4.78, 5) is 14.3. The highest BCUT2D eigenvalue weighted by Crippen LogP contribution is 2.47. The van der Waals surface area contributed by atoms with Crippen LogP contribution in [0, 0.1) is 5.92 Å². The molecule has 0 saturated heterocycles. The normalized spacial score (nSPS) is 20.2. The molecule has 0 aromatic heterocycles. The monoisotopic (exact) mass is 669 g/mol. The fourth-order valence-electron chi connectivity index (χ4n) is 6.46. The molecule has 4 aromatic rings. The standard InChI is InChI=1S/C35H28ClN3O7S/c36-25-9-11-26(12-10-25)38-47(41,42)27-5-1-4-24(17-27)35(40)39-34(23-8-14-30-32(18-23)46-20-44-30)28-6-2-3-22(33(28)37-39)15-21-7-13-29-31(16-21)45-19-43-29/h1,4-5,7-18,28,34,38H,2-3,6,19-20H2/b22-15+/t28-,34+/m0/s1. The molecule has 0 bridgehead atoms. The van der Waals surface area contributed by atoms with Gasteiger partial charge in [-0.3, -0.25) is 9.52 Å². The predicted octanol–water partition coefficient (Wildman–Crippen LogP) is 7.04. The molecule has 1 N–H and O–H groups in total. The zero-order valence-electron chi connectivity index (χ0n) is 24.9. The Labute approximate surface area is 276 Å². The van der Waals surface area contributed by atoms with E-state index in [9.17, 15) is 13.2 Å². The summed E-state index contributed by atoms with van der Waals surface area (Å²) in [6.07, 6.45) is 4.61. The molecule has 1 aliphatic carbocycles. The summed E-state index contributed by atoms with van der Waals surface area (Å²) in [5, 5.41) is 6.96. The summed E-state index contributed by atoms with van der Waals surface area (Å²) in [5.74, 6) is 2.14. The van der Waals surface area contributed by atoms with E-state index in [-0.39, 0.29) is 30.0 Å². The molecule has 1 fully saturated rings. The van der Waals surface area contributed by atoms with E-state index in [4.69, 9.17) is 35.6 Å². The van der Waals surface area contributed by atoms with Crippen LogP contribution in [-0.4, -0.2) is 38.6 Å². The molecule has 0 unspecified atom stereocenters. The first-order valence-electron chi connectivity index (χ1n) is 15.1. The molecule has 1 saturated carbocycles. The molecule has 47 heavy (non-hydrogen) atoms. The Morgan fingerprint density at radius 1 is 0.872 bits per heavy atom. The molecule has 3 heterocycles. The molecule has 0 spiro atoms. The van der Waals surface area contributed by atoms with Crippen LogP contribution in [-0.2, 0) is 10.0 Å². The lowest BCUT2D eigenvalue weighted by atomic mass is 9.77. The Kier molecular flexibility index (Phi) is 7.30. The molecule has 10 nitrogen and oxygen atoms in total. The van der Waals surface area contributed by atoms with Gasteiger partial charge >= 0.3 is 0 Å². The van der Waals surface area contributed by atoms with Crippen LogP contribution >= 0.6 is 11.6 Å². The van der Waals surface area contributed by atoms with Crippen LogP contribution in [0.4, 0.5) is 5.69 Å². The minimum absolute atomic E-state index is 0.0504. The summed E-state index contributed by atoms with van der Waals surface area (Å²) < 4.78 is 51.5. The molecular formula is C35H28ClN3O7S. The van der Waals surface area contributed by atoms with Gasteiger partial charge in [-0.05, 0) is 109 Å². The summed E-state index contributed by atoms with van der Waals surface area (Å²) in [7, 11) is -4.01. The van der Waals surface area contributed by atoms with E-state index < -0.39 is 22.0 Å². The van der Waals surface area contributed by atoms with Crippen molar-refractivity contribution in [3.05, 3.63) is 112 Å². The lowest BCUT2D eigenvalue weighted by molar-refractivity contribution is 0.0680. The van der Waals surface area contributed by atoms with Crippen molar-refractivity contribution < 1.29 is 32.2 Å². The van der Waals surface area contributed by atoms with Crippen molar-refractivity contribution in [2.24, 2.45) is 11.0 Å². The Morgan fingerprint density at radius 2 is 1.60 bits per heavy atom. The average molecular weight is 670 g/mol. The number of benzene rings is 4. The molecule has 1 amide bonds. The number of hydrogen-bond donors (Lipinski definition) is 1. The highest BCUT2D eigenvalue weighted by Gasteiger charge is 2.44. The predicted molar refractivity (Wildman–Crippen MR) is 175 cm³/mol. The van der Waals surface area contributed by atoms with Crippen molar-refractivity contribution in [3.63, 3.8) is 0 Å². The smallest absolute Gasteiger partial charge is 0.274 e. The molecular weight excluding hydrogens is 642 g/mol. The molecule has 8 rings (SSSR count). The number of nitrogens with one attached hydrogen (secondary N) is 1. The highest BCUT2D eigenvalue weighted by molar-refractivity contribution is 7.92. The van der Waals surface area contributed by atoms with Gasteiger partial charge in [0.15, 0.2) is 23.0 Å². The van der Waals surface area contributed by atoms with Crippen LogP contribution in [0.15, 0.2) is 100 Å². The number of fused-ring (bicyclic) bond motifs is 3. The number of carbonyl (C=O) groups is 1. The van der Waals surface area contributed by atoms with Crippen molar-refractivity contribution in [2.75, 3.05) is 18.3 Å². The van der Waals surface area contributed by atoms with E-state index in [1.165, 1.54) is 17.1 Å². The number of anilines is 1. The van der Waals surface area contributed by atoms with Gasteiger partial charge in [0.1, 0.15) is 0 Å². The number of carbonyl (C=O) groups excluding carboxylic acids is 1. The molecule has 4 aliphatic rings. The first kappa shape index (κ1) is 29.4. The number of halogens is 1. The van der Waals surface area contributed by atoms with E-state index in [2.05, 4.69) is 10.8 Å². The third-order valence-corrected chi connectivity index (χ3v) is 10.3. The lowest BCUT2D eigenvalue weighted by Gasteiger charge is -2.30. The fourth-order valence-corrected chi connectivity index (χ4v) is 7.69. The molecule has 4 aromatic carbocycles. The van der Waals surface area contributed by atoms with Crippen molar-refractivity contribution >= 4 is 45.0 Å². The number of allylic oxidation sites excluding steroid dienone is 1. The van der Waals surface area contributed by atoms with E-state index in [0.717, 1.165) is 41.7 Å². The number of sulfonamides is 1. The van der Waals surface area contributed by atoms with Crippen LogP contribution in [0.25, 0.3) is 6.08 Å². The van der Waals surface area contributed by atoms with E-state index in [0.29, 0.717) is 33.7 Å². The maximum Gasteiger partial charge on any atom is 0.274 e. The summed E-state index contributed by atoms with van der Waals surface area (Å²) in [6, 6.07) is 23.4. The van der Waals surface area contributed by atoms with E-state index >= 15 is 0 Å². The van der Waals surface area contributed by atoms with Crippen LogP contribution < -0.4 is 23.7 Å². The highest BCUT2D eigenvalue weighted by atomic mass is 35.5. The van der Waals surface area contributed by atoms with Crippen molar-refractivity contribution in [3.8, 4) is 23.0 Å². The van der Waals surface area contributed by atoms with Crippen molar-refractivity contribution in [1.82, 2.24) is 5.01 Å². The summed E-state index contributed by atoms with van der Waals surface area (Å²) in [5.41, 5.74) is 4.21. The van der Waals surface area contributed by atoms with E-state index in [1.807, 2.05) is 36.4 Å². The van der Waals surface area contributed by atoms with Gasteiger partial charge in [-0.2, -0.15) is 5.10 Å². The summed E-state index contributed by atoms with van der Waals surface area (Å²) in [6.45, 7) is 0.323. The van der Waals surface area contributed by atoms with Gasteiger partial charge in [0, 0.05) is 22.2 Å². The molecule has 2 atom stereocenters. The van der Waals surface area contributed by atoms with Gasteiger partial charge in [-0.25, -0.2) is 13.4 Å². The Balaban J connectivity index is 1.16. The molecule has 3 aliphatic heterocycles. The Hall–Kier alpha value is -5.00. The SMILES string of the molecule is O=C(c1cccc(S(=O)(=O)Nc2ccc(Cl)cc2)c1)N1N=C2/C(=C/c3ccc4c(c3)OCO4)CCC[C@@H]2[C@H]1c1ccc2c(c1)OCO2. The summed E-state index contributed by atoms with van der Waals surface area (Å²) >= 11 is 5.96. The number of amides is 1. The Morgan fingerprint density at radius 3 is 2.38 bits per heavy atom. The number of hydrogen-bond acceptors (Lipinski definition) is 8. The molecule has 0 radical (unpaired) electrons. The van der Waals surface area contributed by atoms with Gasteiger partial charge in [-0.15, -0.1) is 0 Å². The van der Waals surface area contributed by atoms with Crippen molar-refractivity contribution in [1.29, 1.82) is 0 Å². The van der Waals surface area contributed by atoms with Crippen molar-refractivity contribution in [2.45, 2.75) is 30.2 Å². The third-order valence-electron chi connectivity index (χ3n) is 8.67. The van der Waals surface area contributed by atoms with Crippen LogP contribution in [0.2, 0.25) is 5.02 Å². The van der Waals surface area contributed by atoms with Crippen LogP contribution in [0.3, 0.4) is 0 Å². The van der Waals surface area contributed by atoms with E-state index in [1.54, 1.807) is 36.4 Å². The Bertz CT molecular complexity index is 2080. The number of nitrogens with zero attached hydrogens (tertiary/aromatic N) is 2. The first-order valence-corrected chi connectivity index (χ1v) is 17.0. The maximum absolute atomic E-state index is 14.4. The second-order valence-corrected chi connectivity index (χ2v) is 13.7.